The smallest absolute Gasteiger partial charge is 0.352 e. The van der Waals surface area contributed by atoms with Crippen LogP contribution < -0.4 is 19.7 Å². The number of aromatic nitrogens is 2. The summed E-state index contributed by atoms with van der Waals surface area (Å²) in [4.78, 5) is 15.1. The summed E-state index contributed by atoms with van der Waals surface area (Å²) in [5, 5.41) is 20.7. The number of carboxylic acids is 1. The fraction of sp³-hybridized carbons (Fsp3) is 0.318. The van der Waals surface area contributed by atoms with Crippen LogP contribution in [0.5, 0.6) is 11.5 Å². The van der Waals surface area contributed by atoms with Crippen molar-refractivity contribution in [2.45, 2.75) is 26.1 Å². The zero-order chi connectivity index (χ0) is 39.7. The van der Waals surface area contributed by atoms with E-state index in [9.17, 15) is 14.1 Å². The molecule has 1 fully saturated rings. The maximum Gasteiger partial charge on any atom is 0.352 e. The molecule has 1 saturated heterocycles. The van der Waals surface area contributed by atoms with Crippen molar-refractivity contribution in [3.8, 4) is 22.6 Å². The lowest BCUT2D eigenvalue weighted by Gasteiger charge is -2.36. The first kappa shape index (κ1) is 39.8. The van der Waals surface area contributed by atoms with Crippen molar-refractivity contribution in [3.05, 3.63) is 126 Å². The lowest BCUT2D eigenvalue weighted by Crippen LogP contribution is -2.49. The minimum atomic E-state index is -1.12. The largest absolute Gasteiger partial charge is 0.493 e. The fourth-order valence-corrected chi connectivity index (χ4v) is 8.27. The summed E-state index contributed by atoms with van der Waals surface area (Å²) in [6.07, 6.45) is 4.86. The van der Waals surface area contributed by atoms with E-state index in [1.807, 2.05) is 109 Å². The molecule has 298 valence electrons. The van der Waals surface area contributed by atoms with Gasteiger partial charge in [0.15, 0.2) is 11.2 Å². The lowest BCUT2D eigenvalue weighted by atomic mass is 9.94. The Morgan fingerprint density at radius 2 is 1.68 bits per heavy atom. The molecule has 1 unspecified atom stereocenters. The molecule has 0 saturated carbocycles. The van der Waals surface area contributed by atoms with E-state index in [2.05, 4.69) is 34.5 Å². The van der Waals surface area contributed by atoms with Gasteiger partial charge in [-0.05, 0) is 71.3 Å². The van der Waals surface area contributed by atoms with Gasteiger partial charge < -0.3 is 29.5 Å². The van der Waals surface area contributed by atoms with Gasteiger partial charge in [-0.15, -0.1) is 0 Å². The number of aliphatic carboxylic acids is 1. The van der Waals surface area contributed by atoms with Crippen molar-refractivity contribution in [2.24, 2.45) is 7.05 Å². The van der Waals surface area contributed by atoms with Crippen LogP contribution >= 0.6 is 0 Å². The van der Waals surface area contributed by atoms with Gasteiger partial charge in [0.2, 0.25) is 0 Å². The number of hydrogen-bond acceptors (Lipinski definition) is 8. The first-order valence-electron chi connectivity index (χ1n) is 19.3. The molecule has 3 heterocycles. The van der Waals surface area contributed by atoms with Gasteiger partial charge in [-0.3, -0.25) is 4.68 Å². The number of fused-ring (bicyclic) bond motifs is 5. The number of hydrogen-bond donors (Lipinski definition) is 2. The molecule has 0 aliphatic carbocycles. The highest BCUT2D eigenvalue weighted by molar-refractivity contribution is 7.80. The predicted molar refractivity (Wildman–Crippen MR) is 225 cm³/mol. The Bertz CT molecular complexity index is 2260. The van der Waals surface area contributed by atoms with Crippen molar-refractivity contribution in [1.29, 1.82) is 0 Å². The van der Waals surface area contributed by atoms with Crippen LogP contribution in [0.1, 0.15) is 29.8 Å². The van der Waals surface area contributed by atoms with Gasteiger partial charge in [-0.1, -0.05) is 66.7 Å². The molecule has 2 N–H and O–H groups in total. The van der Waals surface area contributed by atoms with E-state index in [0.717, 1.165) is 82.2 Å². The van der Waals surface area contributed by atoms with Gasteiger partial charge in [0, 0.05) is 70.5 Å². The van der Waals surface area contributed by atoms with Crippen molar-refractivity contribution in [1.82, 2.24) is 23.7 Å². The number of nitrogens with one attached hydrogen (secondary N) is 1. The fourth-order valence-electron chi connectivity index (χ4n) is 7.33. The summed E-state index contributed by atoms with van der Waals surface area (Å²) in [7, 11) is 5.57. The SMILES string of the molecule is CN(C)S(=O)N1CCN(c2ccc(OCc3nn(C)c4c3-c3cccc(c3)/C(CCCOc3cccc5ccccc35)=C(/C(=O)O)NC/C=C\COC4)cc2)CC1. The standard InChI is InChI=1S/C44H50N6O6S/c1-47(2)57(53)50-25-23-49(24-26-50)35-18-20-36(21-19-35)56-30-39-42-34-14-8-13-33(29-34)38(16-10-28-55-41-17-9-12-32-11-4-5-15-37(32)41)43(44(51)52)45-22-6-7-27-54-31-40(42)48(3)46-39/h4-9,11-15,17-21,29,45H,10,16,22-28,30-31H2,1-3H3,(H,51,52)/b7-6-,43-38-. The Hall–Kier alpha value is -5.47. The first-order chi connectivity index (χ1) is 27.8. The second kappa shape index (κ2) is 18.6. The van der Waals surface area contributed by atoms with Crippen LogP contribution in [0.2, 0.25) is 0 Å². The summed E-state index contributed by atoms with van der Waals surface area (Å²) in [6, 6.07) is 30.2. The molecule has 1 atom stereocenters. The van der Waals surface area contributed by atoms with Gasteiger partial charge in [-0.25, -0.2) is 17.6 Å². The zero-order valence-corrected chi connectivity index (χ0v) is 33.5. The molecule has 57 heavy (non-hydrogen) atoms. The minimum Gasteiger partial charge on any atom is -0.493 e. The van der Waals surface area contributed by atoms with Crippen molar-refractivity contribution in [2.75, 3.05) is 64.9 Å². The second-order valence-corrected chi connectivity index (χ2v) is 15.9. The van der Waals surface area contributed by atoms with E-state index in [0.29, 0.717) is 44.8 Å². The summed E-state index contributed by atoms with van der Waals surface area (Å²) >= 11 is -1.12. The van der Waals surface area contributed by atoms with Crippen molar-refractivity contribution in [3.63, 3.8) is 0 Å². The summed E-state index contributed by atoms with van der Waals surface area (Å²) in [5.74, 6) is 0.504. The molecule has 1 aromatic heterocycles. The molecule has 2 aliphatic heterocycles. The normalized spacial score (nSPS) is 17.7. The molecule has 4 aromatic carbocycles. The third-order valence-electron chi connectivity index (χ3n) is 10.2. The molecular formula is C44H50N6O6S. The highest BCUT2D eigenvalue weighted by Crippen LogP contribution is 2.34. The second-order valence-electron chi connectivity index (χ2n) is 14.2. The molecular weight excluding hydrogens is 741 g/mol. The molecule has 7 rings (SSSR count). The van der Waals surface area contributed by atoms with Crippen LogP contribution in [0.3, 0.4) is 0 Å². The van der Waals surface area contributed by atoms with Crippen molar-refractivity contribution >= 4 is 39.2 Å². The number of carbonyl (C=O) groups is 1. The molecule has 2 bridgehead atoms. The van der Waals surface area contributed by atoms with E-state index < -0.39 is 17.1 Å². The third kappa shape index (κ3) is 9.57. The monoisotopic (exact) mass is 790 g/mol. The summed E-state index contributed by atoms with van der Waals surface area (Å²) in [6.45, 7) is 4.70. The Morgan fingerprint density at radius 3 is 2.47 bits per heavy atom. The summed E-state index contributed by atoms with van der Waals surface area (Å²) < 4.78 is 36.7. The van der Waals surface area contributed by atoms with Crippen molar-refractivity contribution < 1.29 is 28.3 Å². The molecule has 2 aliphatic rings. The number of carboxylic acid groups (broad SMARTS) is 1. The van der Waals surface area contributed by atoms with Gasteiger partial charge in [0.1, 0.15) is 29.5 Å². The highest BCUT2D eigenvalue weighted by Gasteiger charge is 2.24. The number of piperazine rings is 1. The maximum absolute atomic E-state index is 12.8. The lowest BCUT2D eigenvalue weighted by molar-refractivity contribution is -0.133. The van der Waals surface area contributed by atoms with E-state index in [1.165, 1.54) is 0 Å². The quantitative estimate of drug-likeness (QED) is 0.109. The van der Waals surface area contributed by atoms with Crippen LogP contribution in [-0.2, 0) is 41.0 Å². The van der Waals surface area contributed by atoms with Crippen LogP contribution in [0.15, 0.2) is 109 Å². The molecule has 0 amide bonds. The van der Waals surface area contributed by atoms with Crippen LogP contribution in [0, 0.1) is 0 Å². The van der Waals surface area contributed by atoms with Crippen LogP contribution in [0.4, 0.5) is 5.69 Å². The minimum absolute atomic E-state index is 0.156. The van der Waals surface area contributed by atoms with Gasteiger partial charge in [0.25, 0.3) is 0 Å². The Balaban J connectivity index is 1.11. The number of nitrogens with zero attached hydrogens (tertiary/aromatic N) is 5. The summed E-state index contributed by atoms with van der Waals surface area (Å²) in [5.41, 5.74) is 6.18. The number of benzene rings is 4. The molecule has 0 spiro atoms. The molecule has 12 nitrogen and oxygen atoms in total. The molecule has 5 aromatic rings. The van der Waals surface area contributed by atoms with Gasteiger partial charge >= 0.3 is 5.97 Å². The van der Waals surface area contributed by atoms with Gasteiger partial charge in [0.05, 0.1) is 25.5 Å². The molecule has 0 radical (unpaired) electrons. The van der Waals surface area contributed by atoms with Gasteiger partial charge in [-0.2, -0.15) is 5.10 Å². The number of allylic oxidation sites excluding steroid dienone is 1. The Kier molecular flexibility index (Phi) is 13.0. The predicted octanol–water partition coefficient (Wildman–Crippen LogP) is 6.41. The van der Waals surface area contributed by atoms with Crippen LogP contribution in [0.25, 0.3) is 27.5 Å². The number of ether oxygens (including phenoxy) is 3. The first-order valence-corrected chi connectivity index (χ1v) is 20.3. The highest BCUT2D eigenvalue weighted by atomic mass is 32.2. The van der Waals surface area contributed by atoms with E-state index in [1.54, 1.807) is 4.31 Å². The molecule has 13 heteroatoms. The topological polar surface area (TPSA) is 122 Å². The zero-order valence-electron chi connectivity index (χ0n) is 32.7. The number of rotatable bonds is 12. The van der Waals surface area contributed by atoms with Crippen LogP contribution in [-0.4, -0.2) is 93.7 Å². The Labute approximate surface area is 336 Å². The third-order valence-corrected chi connectivity index (χ3v) is 11.6. The van der Waals surface area contributed by atoms with E-state index >= 15 is 0 Å². The average Bonchev–Trinajstić information content (AvgIpc) is 3.55. The van der Waals surface area contributed by atoms with E-state index in [4.69, 9.17) is 19.3 Å². The van der Waals surface area contributed by atoms with E-state index in [-0.39, 0.29) is 12.3 Å². The Morgan fingerprint density at radius 1 is 0.930 bits per heavy atom. The maximum atomic E-state index is 12.8. The number of anilines is 1. The number of aryl methyl sites for hydroxylation is 1. The average molecular weight is 791 g/mol.